The molecule has 2 atom stereocenters. The van der Waals surface area contributed by atoms with Gasteiger partial charge in [0.1, 0.15) is 0 Å². The van der Waals surface area contributed by atoms with Gasteiger partial charge in [-0.05, 0) is 49.9 Å². The molecule has 0 radical (unpaired) electrons. The van der Waals surface area contributed by atoms with E-state index in [1.165, 1.54) is 0 Å². The quantitative estimate of drug-likeness (QED) is 0.501. The van der Waals surface area contributed by atoms with Crippen LogP contribution in [0.1, 0.15) is 50.2 Å². The molecule has 0 saturated heterocycles. The van der Waals surface area contributed by atoms with E-state index in [0.29, 0.717) is 19.6 Å². The van der Waals surface area contributed by atoms with Crippen LogP contribution in [0.5, 0.6) is 0 Å². The van der Waals surface area contributed by atoms with Crippen molar-refractivity contribution in [1.29, 1.82) is 0 Å². The maximum Gasteiger partial charge on any atom is 0.214 e. The minimum atomic E-state index is -3.32. The molecule has 1 aliphatic rings. The summed E-state index contributed by atoms with van der Waals surface area (Å²) in [6.45, 7) is 4.89. The average Bonchev–Trinajstić information content (AvgIpc) is 3.20. The molecule has 9 heteroatoms. The predicted molar refractivity (Wildman–Crippen MR) is 134 cm³/mol. The largest absolute Gasteiger partial charge is 0.366 e. The Kier molecular flexibility index (Phi) is 8.55. The topological polar surface area (TPSA) is 95.6 Å². The second-order valence-electron chi connectivity index (χ2n) is 9.02. The van der Waals surface area contributed by atoms with Crippen LogP contribution in [0.4, 0.5) is 5.69 Å². The first-order valence-corrected chi connectivity index (χ1v) is 14.8. The Hall–Kier alpha value is -1.94. The van der Waals surface area contributed by atoms with Crippen molar-refractivity contribution in [2.45, 2.75) is 56.9 Å². The van der Waals surface area contributed by atoms with Crippen molar-refractivity contribution in [3.05, 3.63) is 65.7 Å². The summed E-state index contributed by atoms with van der Waals surface area (Å²) in [5.41, 5.74) is 3.26. The van der Waals surface area contributed by atoms with Crippen LogP contribution in [0, 0.1) is 0 Å². The Morgan fingerprint density at radius 3 is 2.24 bits per heavy atom. The summed E-state index contributed by atoms with van der Waals surface area (Å²) in [5.74, 6) is 0.155. The molecule has 0 aliphatic heterocycles. The summed E-state index contributed by atoms with van der Waals surface area (Å²) >= 11 is 0. The summed E-state index contributed by atoms with van der Waals surface area (Å²) in [5, 5.41) is -0.451. The third kappa shape index (κ3) is 7.53. The van der Waals surface area contributed by atoms with Crippen molar-refractivity contribution in [1.82, 2.24) is 9.44 Å². The number of sulfonamides is 2. The van der Waals surface area contributed by atoms with E-state index in [2.05, 4.69) is 38.6 Å². The van der Waals surface area contributed by atoms with Crippen LogP contribution in [0.3, 0.4) is 0 Å². The summed E-state index contributed by atoms with van der Waals surface area (Å²) in [6.07, 6.45) is 3.95. The number of rotatable bonds is 11. The molecule has 0 aromatic heterocycles. The van der Waals surface area contributed by atoms with Crippen LogP contribution in [0.2, 0.25) is 0 Å². The zero-order chi connectivity index (χ0) is 24.1. The van der Waals surface area contributed by atoms with Crippen molar-refractivity contribution >= 4 is 25.7 Å². The molecule has 0 heterocycles. The summed E-state index contributed by atoms with van der Waals surface area (Å²) < 4.78 is 53.2. The number of anilines is 1. The van der Waals surface area contributed by atoms with Crippen LogP contribution in [-0.2, 0) is 26.6 Å². The Morgan fingerprint density at radius 1 is 0.970 bits per heavy atom. The van der Waals surface area contributed by atoms with Gasteiger partial charge in [0.05, 0.1) is 11.5 Å². The molecule has 0 bridgehead atoms. The molecule has 33 heavy (non-hydrogen) atoms. The highest BCUT2D eigenvalue weighted by Gasteiger charge is 2.32. The summed E-state index contributed by atoms with van der Waals surface area (Å²) in [6, 6.07) is 18.2. The van der Waals surface area contributed by atoms with Crippen molar-refractivity contribution < 1.29 is 16.8 Å². The lowest BCUT2D eigenvalue weighted by Crippen LogP contribution is -2.40. The highest BCUT2D eigenvalue weighted by Crippen LogP contribution is 2.36. The number of hydrogen-bond donors (Lipinski definition) is 2. The fraction of sp³-hybridized carbons (Fsp3) is 0.500. The second-order valence-corrected chi connectivity index (χ2v) is 13.1. The van der Waals surface area contributed by atoms with Gasteiger partial charge >= 0.3 is 0 Å². The molecule has 1 fully saturated rings. The number of nitrogens with zero attached hydrogens (tertiary/aromatic N) is 1. The average molecular weight is 494 g/mol. The second kappa shape index (κ2) is 11.0. The number of hydrogen-bond acceptors (Lipinski definition) is 5. The van der Waals surface area contributed by atoms with E-state index in [0.717, 1.165) is 42.3 Å². The minimum absolute atomic E-state index is 0.0809. The molecule has 1 aliphatic carbocycles. The van der Waals surface area contributed by atoms with Gasteiger partial charge in [0.15, 0.2) is 0 Å². The van der Waals surface area contributed by atoms with E-state index in [1.54, 1.807) is 13.8 Å². The lowest BCUT2D eigenvalue weighted by Gasteiger charge is -2.27. The molecule has 182 valence electrons. The van der Waals surface area contributed by atoms with Crippen LogP contribution >= 0.6 is 0 Å². The van der Waals surface area contributed by atoms with Crippen molar-refractivity contribution in [2.75, 3.05) is 24.2 Å². The molecule has 0 unspecified atom stereocenters. The van der Waals surface area contributed by atoms with E-state index in [1.807, 2.05) is 30.3 Å². The highest BCUT2D eigenvalue weighted by molar-refractivity contribution is 7.90. The molecule has 2 N–H and O–H groups in total. The van der Waals surface area contributed by atoms with Crippen LogP contribution in [-0.4, -0.2) is 47.5 Å². The Balaban J connectivity index is 1.76. The third-order valence-electron chi connectivity index (χ3n) is 6.10. The fourth-order valence-electron chi connectivity index (χ4n) is 4.25. The molecule has 2 aromatic carbocycles. The molecular formula is C24H35N3O4S2. The van der Waals surface area contributed by atoms with E-state index in [9.17, 15) is 16.8 Å². The Morgan fingerprint density at radius 2 is 1.64 bits per heavy atom. The van der Waals surface area contributed by atoms with Crippen molar-refractivity contribution in [3.8, 4) is 0 Å². The highest BCUT2D eigenvalue weighted by atomic mass is 32.2. The van der Waals surface area contributed by atoms with E-state index in [-0.39, 0.29) is 12.0 Å². The Bertz CT molecular complexity index is 1100. The zero-order valence-corrected chi connectivity index (χ0v) is 21.2. The molecule has 3 rings (SSSR count). The van der Waals surface area contributed by atoms with Crippen molar-refractivity contribution in [2.24, 2.45) is 0 Å². The zero-order valence-electron chi connectivity index (χ0n) is 19.6. The smallest absolute Gasteiger partial charge is 0.214 e. The predicted octanol–water partition coefficient (Wildman–Crippen LogP) is 3.21. The van der Waals surface area contributed by atoms with Crippen LogP contribution in [0.25, 0.3) is 0 Å². The SMILES string of the molecule is CC(C)S(=O)(=O)N[C@H]1CCC[C@H]1c1ccc(N(CCNS(C)(=O)=O)Cc2ccccc2)cc1. The van der Waals surface area contributed by atoms with Gasteiger partial charge in [0, 0.05) is 37.3 Å². The maximum atomic E-state index is 12.4. The van der Waals surface area contributed by atoms with Gasteiger partial charge in [-0.3, -0.25) is 0 Å². The van der Waals surface area contributed by atoms with Gasteiger partial charge in [-0.2, -0.15) is 0 Å². The number of benzene rings is 2. The monoisotopic (exact) mass is 493 g/mol. The molecule has 1 saturated carbocycles. The van der Waals surface area contributed by atoms with Gasteiger partial charge < -0.3 is 4.90 Å². The van der Waals surface area contributed by atoms with E-state index >= 15 is 0 Å². The van der Waals surface area contributed by atoms with Gasteiger partial charge in [-0.1, -0.05) is 48.9 Å². The van der Waals surface area contributed by atoms with Crippen molar-refractivity contribution in [3.63, 3.8) is 0 Å². The first-order chi connectivity index (χ1) is 15.5. The first kappa shape index (κ1) is 25.7. The number of nitrogens with one attached hydrogen (secondary N) is 2. The minimum Gasteiger partial charge on any atom is -0.366 e. The third-order valence-corrected chi connectivity index (χ3v) is 8.70. The standard InChI is InChI=1S/C24H35N3O4S2/c1-19(2)33(30,31)26-24-11-7-10-23(24)21-12-14-22(15-13-21)27(17-16-25-32(3,28)29)18-20-8-5-4-6-9-20/h4-6,8-9,12-15,19,23-26H,7,10-11,16-18H2,1-3H3/t23-,24-/m0/s1. The molecule has 2 aromatic rings. The lowest BCUT2D eigenvalue weighted by molar-refractivity contribution is 0.519. The van der Waals surface area contributed by atoms with Gasteiger partial charge in [-0.15, -0.1) is 0 Å². The Labute approximate surface area is 198 Å². The first-order valence-electron chi connectivity index (χ1n) is 11.4. The fourth-order valence-corrected chi connectivity index (χ4v) is 5.69. The van der Waals surface area contributed by atoms with E-state index < -0.39 is 25.3 Å². The molecule has 0 spiro atoms. The summed E-state index contributed by atoms with van der Waals surface area (Å²) in [7, 11) is -6.57. The van der Waals surface area contributed by atoms with Gasteiger partial charge in [0.2, 0.25) is 20.0 Å². The lowest BCUT2D eigenvalue weighted by atomic mass is 9.94. The van der Waals surface area contributed by atoms with Gasteiger partial charge in [-0.25, -0.2) is 26.3 Å². The molecule has 7 nitrogen and oxygen atoms in total. The van der Waals surface area contributed by atoms with Crippen LogP contribution < -0.4 is 14.3 Å². The van der Waals surface area contributed by atoms with Crippen LogP contribution in [0.15, 0.2) is 54.6 Å². The molecule has 0 amide bonds. The normalized spacial score (nSPS) is 19.2. The summed E-state index contributed by atoms with van der Waals surface area (Å²) in [4.78, 5) is 2.14. The molecular weight excluding hydrogens is 458 g/mol. The van der Waals surface area contributed by atoms with Gasteiger partial charge in [0.25, 0.3) is 0 Å². The maximum absolute atomic E-state index is 12.4. The van der Waals surface area contributed by atoms with E-state index in [4.69, 9.17) is 0 Å².